The summed E-state index contributed by atoms with van der Waals surface area (Å²) in [5.41, 5.74) is 3.04. The van der Waals surface area contributed by atoms with Gasteiger partial charge in [-0.25, -0.2) is 0 Å². The van der Waals surface area contributed by atoms with Crippen LogP contribution in [0.1, 0.15) is 96.6 Å². The van der Waals surface area contributed by atoms with Gasteiger partial charge in [0.15, 0.2) is 6.29 Å². The van der Waals surface area contributed by atoms with Gasteiger partial charge < -0.3 is 14.2 Å². The van der Waals surface area contributed by atoms with Gasteiger partial charge in [0.25, 0.3) is 0 Å². The van der Waals surface area contributed by atoms with E-state index in [1.807, 2.05) is 6.92 Å². The SMILES string of the molecule is CC(OCCOc1ccc(C2CCCCC2)cc1)Oc1ccc(C(C(C)C)C(C)(C)C)cc1. The zero-order valence-corrected chi connectivity index (χ0v) is 21.6. The largest absolute Gasteiger partial charge is 0.491 e. The van der Waals surface area contributed by atoms with Crippen LogP contribution < -0.4 is 9.47 Å². The van der Waals surface area contributed by atoms with Crippen LogP contribution in [0.25, 0.3) is 0 Å². The van der Waals surface area contributed by atoms with E-state index in [9.17, 15) is 0 Å². The molecule has 3 nitrogen and oxygen atoms in total. The number of hydrogen-bond acceptors (Lipinski definition) is 3. The molecule has 182 valence electrons. The van der Waals surface area contributed by atoms with E-state index < -0.39 is 0 Å². The van der Waals surface area contributed by atoms with E-state index in [4.69, 9.17) is 14.2 Å². The molecule has 2 unspecified atom stereocenters. The van der Waals surface area contributed by atoms with Crippen LogP contribution in [0.3, 0.4) is 0 Å². The molecular weight excluding hydrogens is 408 g/mol. The van der Waals surface area contributed by atoms with Gasteiger partial charge in [-0.1, -0.05) is 78.1 Å². The smallest absolute Gasteiger partial charge is 0.197 e. The average molecular weight is 453 g/mol. The third-order valence-electron chi connectivity index (χ3n) is 6.80. The van der Waals surface area contributed by atoms with E-state index in [0.717, 1.165) is 17.4 Å². The molecule has 0 spiro atoms. The van der Waals surface area contributed by atoms with Crippen LogP contribution in [0, 0.1) is 11.3 Å². The highest BCUT2D eigenvalue weighted by molar-refractivity contribution is 5.31. The zero-order chi connectivity index (χ0) is 23.8. The normalized spacial score (nSPS) is 17.1. The topological polar surface area (TPSA) is 27.7 Å². The van der Waals surface area contributed by atoms with Gasteiger partial charge in [-0.05, 0) is 78.3 Å². The number of hydrogen-bond donors (Lipinski definition) is 0. The molecule has 0 aromatic heterocycles. The Morgan fingerprint density at radius 3 is 1.97 bits per heavy atom. The van der Waals surface area contributed by atoms with Gasteiger partial charge >= 0.3 is 0 Å². The van der Waals surface area contributed by atoms with Crippen molar-refractivity contribution in [3.63, 3.8) is 0 Å². The van der Waals surface area contributed by atoms with Crippen LogP contribution in [0.5, 0.6) is 11.5 Å². The third-order valence-corrected chi connectivity index (χ3v) is 6.80. The van der Waals surface area contributed by atoms with Crippen LogP contribution in [0.15, 0.2) is 48.5 Å². The maximum Gasteiger partial charge on any atom is 0.197 e. The summed E-state index contributed by atoms with van der Waals surface area (Å²) in [4.78, 5) is 0. The molecule has 0 heterocycles. The summed E-state index contributed by atoms with van der Waals surface area (Å²) in [6.45, 7) is 14.5. The van der Waals surface area contributed by atoms with Crippen molar-refractivity contribution in [2.45, 2.75) is 91.8 Å². The van der Waals surface area contributed by atoms with Crippen molar-refractivity contribution in [1.82, 2.24) is 0 Å². The Morgan fingerprint density at radius 2 is 1.39 bits per heavy atom. The van der Waals surface area contributed by atoms with Gasteiger partial charge in [0, 0.05) is 0 Å². The standard InChI is InChI=1S/C30H44O3/c1-22(2)29(30(4,5)6)26-14-18-28(19-15-26)33-23(3)31-20-21-32-27-16-12-25(13-17-27)24-10-8-7-9-11-24/h12-19,22-24,29H,7-11,20-21H2,1-6H3. The fraction of sp³-hybridized carbons (Fsp3) is 0.600. The second-order valence-electron chi connectivity index (χ2n) is 11.0. The van der Waals surface area contributed by atoms with Crippen molar-refractivity contribution < 1.29 is 14.2 Å². The van der Waals surface area contributed by atoms with Crippen LogP contribution in [-0.4, -0.2) is 19.5 Å². The molecule has 0 aliphatic heterocycles. The summed E-state index contributed by atoms with van der Waals surface area (Å²) < 4.78 is 17.6. The summed E-state index contributed by atoms with van der Waals surface area (Å²) in [5, 5.41) is 0. The fourth-order valence-corrected chi connectivity index (χ4v) is 5.51. The summed E-state index contributed by atoms with van der Waals surface area (Å²) >= 11 is 0. The van der Waals surface area contributed by atoms with Gasteiger partial charge in [-0.3, -0.25) is 0 Å². The van der Waals surface area contributed by atoms with Crippen LogP contribution in [0.2, 0.25) is 0 Å². The maximum absolute atomic E-state index is 5.95. The Balaban J connectivity index is 1.40. The van der Waals surface area contributed by atoms with Crippen LogP contribution >= 0.6 is 0 Å². The first-order chi connectivity index (χ1) is 15.7. The first-order valence-electron chi connectivity index (χ1n) is 12.8. The zero-order valence-electron chi connectivity index (χ0n) is 21.6. The Hall–Kier alpha value is -2.00. The van der Waals surface area contributed by atoms with E-state index in [1.54, 1.807) is 0 Å². The van der Waals surface area contributed by atoms with E-state index in [0.29, 0.717) is 25.0 Å². The van der Waals surface area contributed by atoms with Crippen molar-refractivity contribution in [2.24, 2.45) is 11.3 Å². The molecule has 33 heavy (non-hydrogen) atoms. The lowest BCUT2D eigenvalue weighted by atomic mass is 9.70. The predicted octanol–water partition coefficient (Wildman–Crippen LogP) is 8.34. The van der Waals surface area contributed by atoms with E-state index in [-0.39, 0.29) is 11.7 Å². The first-order valence-corrected chi connectivity index (χ1v) is 12.8. The summed E-state index contributed by atoms with van der Waals surface area (Å²) in [6.07, 6.45) is 6.44. The molecule has 0 radical (unpaired) electrons. The lowest BCUT2D eigenvalue weighted by Crippen LogP contribution is -2.23. The molecule has 0 amide bonds. The van der Waals surface area contributed by atoms with Gasteiger partial charge in [-0.15, -0.1) is 0 Å². The van der Waals surface area contributed by atoms with E-state index >= 15 is 0 Å². The van der Waals surface area contributed by atoms with Crippen molar-refractivity contribution >= 4 is 0 Å². The molecule has 0 N–H and O–H groups in total. The van der Waals surface area contributed by atoms with Crippen molar-refractivity contribution in [3.8, 4) is 11.5 Å². The van der Waals surface area contributed by atoms with Gasteiger partial charge in [0.05, 0.1) is 6.61 Å². The van der Waals surface area contributed by atoms with Gasteiger partial charge in [0.2, 0.25) is 0 Å². The minimum Gasteiger partial charge on any atom is -0.491 e. The molecule has 3 heteroatoms. The molecular formula is C30H44O3. The number of benzene rings is 2. The Bertz CT molecular complexity index is 811. The number of ether oxygens (including phenoxy) is 3. The molecule has 1 saturated carbocycles. The Kier molecular flexibility index (Phi) is 9.26. The monoisotopic (exact) mass is 452 g/mol. The van der Waals surface area contributed by atoms with Crippen molar-refractivity contribution in [3.05, 3.63) is 59.7 Å². The van der Waals surface area contributed by atoms with Gasteiger partial charge in [0.1, 0.15) is 18.1 Å². The third kappa shape index (κ3) is 7.78. The second-order valence-corrected chi connectivity index (χ2v) is 11.0. The van der Waals surface area contributed by atoms with Crippen LogP contribution in [-0.2, 0) is 4.74 Å². The summed E-state index contributed by atoms with van der Waals surface area (Å²) in [6, 6.07) is 17.1. The highest BCUT2D eigenvalue weighted by atomic mass is 16.7. The molecule has 2 atom stereocenters. The molecule has 1 fully saturated rings. The highest BCUT2D eigenvalue weighted by Gasteiger charge is 2.28. The van der Waals surface area contributed by atoms with E-state index in [1.165, 1.54) is 43.2 Å². The molecule has 1 aliphatic rings. The Morgan fingerprint density at radius 1 is 0.788 bits per heavy atom. The summed E-state index contributed by atoms with van der Waals surface area (Å²) in [5.74, 6) is 3.56. The molecule has 1 aliphatic carbocycles. The summed E-state index contributed by atoms with van der Waals surface area (Å²) in [7, 11) is 0. The number of rotatable bonds is 10. The lowest BCUT2D eigenvalue weighted by Gasteiger charge is -2.34. The predicted molar refractivity (Wildman–Crippen MR) is 137 cm³/mol. The Labute approximate surface area is 201 Å². The molecule has 3 rings (SSSR count). The first kappa shape index (κ1) is 25.6. The molecule has 0 saturated heterocycles. The van der Waals surface area contributed by atoms with Gasteiger partial charge in [-0.2, -0.15) is 0 Å². The molecule has 2 aromatic carbocycles. The minimum atomic E-state index is -0.323. The maximum atomic E-state index is 5.95. The fourth-order valence-electron chi connectivity index (χ4n) is 5.51. The van der Waals surface area contributed by atoms with E-state index in [2.05, 4.69) is 83.1 Å². The molecule has 2 aromatic rings. The van der Waals surface area contributed by atoms with Crippen molar-refractivity contribution in [1.29, 1.82) is 0 Å². The van der Waals surface area contributed by atoms with Crippen molar-refractivity contribution in [2.75, 3.05) is 13.2 Å². The lowest BCUT2D eigenvalue weighted by molar-refractivity contribution is -0.0739. The minimum absolute atomic E-state index is 0.225. The average Bonchev–Trinajstić information content (AvgIpc) is 2.78. The second kappa shape index (κ2) is 11.9. The highest BCUT2D eigenvalue weighted by Crippen LogP contribution is 2.41. The molecule has 0 bridgehead atoms. The quantitative estimate of drug-likeness (QED) is 0.268. The van der Waals surface area contributed by atoms with Crippen LogP contribution in [0.4, 0.5) is 0 Å².